The zero-order valence-electron chi connectivity index (χ0n) is 23.6. The maximum Gasteiger partial charge on any atom is 0.308 e. The average Bonchev–Trinajstić information content (AvgIpc) is 3.16. The molecule has 4 bridgehead atoms. The fourth-order valence-electron chi connectivity index (χ4n) is 8.66. The van der Waals surface area contributed by atoms with Crippen molar-refractivity contribution in [2.75, 3.05) is 13.1 Å². The number of ether oxygens (including phenoxy) is 3. The van der Waals surface area contributed by atoms with Gasteiger partial charge in [0.05, 0.1) is 6.42 Å². The van der Waals surface area contributed by atoms with Crippen LogP contribution in [0.1, 0.15) is 77.3 Å². The van der Waals surface area contributed by atoms with Crippen molar-refractivity contribution in [3.8, 4) is 0 Å². The van der Waals surface area contributed by atoms with Crippen LogP contribution in [0.4, 0.5) is 0 Å². The van der Waals surface area contributed by atoms with E-state index in [2.05, 4.69) is 6.92 Å². The third-order valence-corrected chi connectivity index (χ3v) is 10.7. The van der Waals surface area contributed by atoms with Gasteiger partial charge in [-0.05, 0) is 56.4 Å². The smallest absolute Gasteiger partial charge is 0.308 e. The summed E-state index contributed by atoms with van der Waals surface area (Å²) in [6, 6.07) is 5.37. The molecule has 5 saturated heterocycles. The molecule has 6 fully saturated rings. The fraction of sp³-hybridized carbons (Fsp3) is 0.767. The van der Waals surface area contributed by atoms with Gasteiger partial charge < -0.3 is 23.7 Å². The van der Waals surface area contributed by atoms with Crippen LogP contribution in [0.5, 0.6) is 0 Å². The number of hydrogen-bond donors (Lipinski definition) is 0. The van der Waals surface area contributed by atoms with Crippen LogP contribution in [-0.4, -0.2) is 58.4 Å². The van der Waals surface area contributed by atoms with Gasteiger partial charge in [0.15, 0.2) is 11.9 Å². The first kappa shape index (κ1) is 26.6. The van der Waals surface area contributed by atoms with Gasteiger partial charge in [0.2, 0.25) is 18.0 Å². The van der Waals surface area contributed by atoms with Gasteiger partial charge in [-0.25, -0.2) is 9.78 Å². The molecule has 218 valence electrons. The van der Waals surface area contributed by atoms with Gasteiger partial charge in [-0.15, -0.1) is 0 Å². The lowest BCUT2D eigenvalue weighted by Crippen LogP contribution is -2.70. The first-order valence-electron chi connectivity index (χ1n) is 15.0. The Morgan fingerprint density at radius 3 is 2.75 bits per heavy atom. The van der Waals surface area contributed by atoms with E-state index in [0.717, 1.165) is 37.8 Å². The molecule has 1 spiro atoms. The van der Waals surface area contributed by atoms with Gasteiger partial charge in [0.1, 0.15) is 0 Å². The molecule has 0 aromatic carbocycles. The van der Waals surface area contributed by atoms with Crippen LogP contribution < -0.4 is 5.56 Å². The van der Waals surface area contributed by atoms with Crippen molar-refractivity contribution in [2.24, 2.45) is 29.6 Å². The number of pyridine rings is 1. The highest BCUT2D eigenvalue weighted by Gasteiger charge is 2.69. The Kier molecular flexibility index (Phi) is 6.42. The standard InChI is InChI=1S/C30H40N2O8/c1-17-7-8-22-18(2)27(37-28-30(22)21(17)11-12-29(3,38-28)39-40-30)36-26(35)10-9-24(33)31-14-19-13-20(16-31)23-5-4-6-25(34)32(23)15-19/h4-6,17-22,27-28H,7-16H2,1-3H3/t17-,18-,19-,20+,21+,22-,27-,28-,29-,30-/m1/s1. The molecule has 1 saturated carbocycles. The second-order valence-electron chi connectivity index (χ2n) is 13.3. The van der Waals surface area contributed by atoms with E-state index in [4.69, 9.17) is 24.0 Å². The Hall–Kier alpha value is -2.27. The highest BCUT2D eigenvalue weighted by atomic mass is 17.3. The Bertz CT molecular complexity index is 1250. The number of nitrogens with zero attached hydrogens (tertiary/aromatic N) is 2. The molecule has 1 aromatic rings. The Morgan fingerprint density at radius 2 is 1.90 bits per heavy atom. The molecule has 7 aliphatic rings. The van der Waals surface area contributed by atoms with Crippen LogP contribution in [-0.2, 0) is 40.1 Å². The molecule has 0 N–H and O–H groups in total. The van der Waals surface area contributed by atoms with Crippen molar-refractivity contribution in [1.82, 2.24) is 9.47 Å². The van der Waals surface area contributed by atoms with Gasteiger partial charge in [-0.3, -0.25) is 14.4 Å². The number of fused-ring (bicyclic) bond motifs is 6. The number of amides is 1. The summed E-state index contributed by atoms with van der Waals surface area (Å²) in [4.78, 5) is 52.3. The van der Waals surface area contributed by atoms with Crippen LogP contribution in [0, 0.1) is 29.6 Å². The highest BCUT2D eigenvalue weighted by Crippen LogP contribution is 2.60. The summed E-state index contributed by atoms with van der Waals surface area (Å²) in [5.41, 5.74) is 0.314. The number of likely N-dealkylation sites (tertiary alicyclic amines) is 1. The minimum Gasteiger partial charge on any atom is -0.435 e. The van der Waals surface area contributed by atoms with Gasteiger partial charge in [-0.2, -0.15) is 0 Å². The molecule has 1 amide bonds. The van der Waals surface area contributed by atoms with E-state index >= 15 is 0 Å². The lowest BCUT2D eigenvalue weighted by atomic mass is 9.58. The van der Waals surface area contributed by atoms with Gasteiger partial charge >= 0.3 is 5.97 Å². The molecule has 10 heteroatoms. The molecule has 6 aliphatic heterocycles. The molecule has 0 unspecified atom stereocenters. The molecule has 40 heavy (non-hydrogen) atoms. The minimum absolute atomic E-state index is 0.00832. The number of aromatic nitrogens is 1. The molecule has 10 nitrogen and oxygen atoms in total. The second kappa shape index (κ2) is 9.64. The van der Waals surface area contributed by atoms with E-state index in [-0.39, 0.29) is 53.9 Å². The largest absolute Gasteiger partial charge is 0.435 e. The predicted octanol–water partition coefficient (Wildman–Crippen LogP) is 3.33. The van der Waals surface area contributed by atoms with Crippen molar-refractivity contribution in [3.63, 3.8) is 0 Å². The van der Waals surface area contributed by atoms with Crippen LogP contribution in [0.15, 0.2) is 23.0 Å². The van der Waals surface area contributed by atoms with Crippen molar-refractivity contribution in [1.29, 1.82) is 0 Å². The number of piperidine rings is 1. The maximum atomic E-state index is 13.2. The van der Waals surface area contributed by atoms with Crippen molar-refractivity contribution in [3.05, 3.63) is 34.2 Å². The summed E-state index contributed by atoms with van der Waals surface area (Å²) in [6.45, 7) is 7.99. The maximum absolute atomic E-state index is 13.2. The van der Waals surface area contributed by atoms with Crippen molar-refractivity contribution < 1.29 is 33.6 Å². The third-order valence-electron chi connectivity index (χ3n) is 10.7. The Morgan fingerprint density at radius 1 is 1.05 bits per heavy atom. The second-order valence-corrected chi connectivity index (χ2v) is 13.3. The van der Waals surface area contributed by atoms with Crippen LogP contribution in [0.2, 0.25) is 0 Å². The topological polar surface area (TPSA) is 106 Å². The third kappa shape index (κ3) is 4.16. The van der Waals surface area contributed by atoms with E-state index in [1.807, 2.05) is 29.4 Å². The minimum atomic E-state index is -0.889. The lowest BCUT2D eigenvalue weighted by Gasteiger charge is -2.59. The summed E-state index contributed by atoms with van der Waals surface area (Å²) in [5.74, 6) is -0.339. The molecule has 1 aromatic heterocycles. The fourth-order valence-corrected chi connectivity index (χ4v) is 8.66. The van der Waals surface area contributed by atoms with Gasteiger partial charge in [-0.1, -0.05) is 19.9 Å². The molecule has 7 heterocycles. The van der Waals surface area contributed by atoms with E-state index in [1.54, 1.807) is 12.1 Å². The van der Waals surface area contributed by atoms with Crippen LogP contribution in [0.3, 0.4) is 0 Å². The quantitative estimate of drug-likeness (QED) is 0.411. The highest BCUT2D eigenvalue weighted by molar-refractivity contribution is 5.81. The zero-order chi connectivity index (χ0) is 27.8. The van der Waals surface area contributed by atoms with E-state index in [1.165, 1.54) is 0 Å². The van der Waals surface area contributed by atoms with E-state index in [9.17, 15) is 14.4 Å². The Labute approximate surface area is 234 Å². The monoisotopic (exact) mass is 556 g/mol. The van der Waals surface area contributed by atoms with Crippen LogP contribution >= 0.6 is 0 Å². The summed E-state index contributed by atoms with van der Waals surface area (Å²) < 4.78 is 20.4. The Balaban J connectivity index is 0.990. The molecule has 0 radical (unpaired) electrons. The van der Waals surface area contributed by atoms with E-state index < -0.39 is 29.9 Å². The van der Waals surface area contributed by atoms with Crippen molar-refractivity contribution >= 4 is 11.9 Å². The van der Waals surface area contributed by atoms with Gasteiger partial charge in [0.25, 0.3) is 5.56 Å². The van der Waals surface area contributed by atoms with E-state index in [0.29, 0.717) is 25.6 Å². The normalized spacial score (nSPS) is 43.3. The number of carbonyl (C=O) groups excluding carboxylic acids is 2. The number of carbonyl (C=O) groups is 2. The summed E-state index contributed by atoms with van der Waals surface area (Å²) >= 11 is 0. The lowest BCUT2D eigenvalue weighted by molar-refractivity contribution is -0.576. The zero-order valence-corrected chi connectivity index (χ0v) is 23.6. The number of hydrogen-bond acceptors (Lipinski definition) is 8. The molecule has 1 aliphatic carbocycles. The first-order chi connectivity index (χ1) is 19.2. The summed E-state index contributed by atoms with van der Waals surface area (Å²) in [5, 5.41) is 0. The van der Waals surface area contributed by atoms with Crippen LogP contribution in [0.25, 0.3) is 0 Å². The summed E-state index contributed by atoms with van der Waals surface area (Å²) in [7, 11) is 0. The molecular formula is C30H40N2O8. The van der Waals surface area contributed by atoms with Gasteiger partial charge in [0, 0.05) is 62.0 Å². The SMILES string of the molecule is C[C@H]1[C@H](OC(=O)CCC(=O)N2C[C@H]3C[C@@H](C2)c2cccc(=O)n2C3)O[C@@H]2O[C@@]3(C)CC[C@H]4[C@H](C)CC[C@H]1[C@@]24OO3. The summed E-state index contributed by atoms with van der Waals surface area (Å²) in [6.07, 6.45) is 3.26. The molecular weight excluding hydrogens is 516 g/mol. The number of esters is 1. The average molecular weight is 557 g/mol. The first-order valence-corrected chi connectivity index (χ1v) is 15.0. The van der Waals surface area contributed by atoms with Crippen molar-refractivity contribution in [2.45, 2.75) is 102 Å². The predicted molar refractivity (Wildman–Crippen MR) is 140 cm³/mol. The number of rotatable bonds is 4. The molecule has 8 rings (SSSR count). The molecule has 10 atom stereocenters.